The van der Waals surface area contributed by atoms with E-state index < -0.39 is 0 Å². The van der Waals surface area contributed by atoms with Gasteiger partial charge in [0.25, 0.3) is 5.91 Å². The number of halogens is 1. The molecule has 1 aromatic rings. The monoisotopic (exact) mass is 314 g/mol. The van der Waals surface area contributed by atoms with Gasteiger partial charge in [0.05, 0.1) is 10.6 Å². The molecule has 1 aliphatic rings. The fourth-order valence-electron chi connectivity index (χ4n) is 2.29. The third-order valence-electron chi connectivity index (χ3n) is 3.47. The first kappa shape index (κ1) is 15.9. The van der Waals surface area contributed by atoms with Gasteiger partial charge in [-0.05, 0) is 37.5 Å². The molecule has 112 valence electrons. The van der Waals surface area contributed by atoms with Gasteiger partial charge >= 0.3 is 0 Å². The zero-order valence-electron chi connectivity index (χ0n) is 12.0. The van der Waals surface area contributed by atoms with Crippen LogP contribution < -0.4 is 5.32 Å². The summed E-state index contributed by atoms with van der Waals surface area (Å²) in [6.45, 7) is 1.54. The summed E-state index contributed by atoms with van der Waals surface area (Å²) in [6.07, 6.45) is 4.52. The number of nitriles is 2. The molecule has 0 atom stereocenters. The Hall–Kier alpha value is -2.50. The number of hydrogen-bond acceptors (Lipinski definition) is 4. The molecule has 22 heavy (non-hydrogen) atoms. The van der Waals surface area contributed by atoms with Crippen LogP contribution in [0.25, 0.3) is 0 Å². The molecule has 0 spiro atoms. The molecule has 2 rings (SSSR count). The predicted molar refractivity (Wildman–Crippen MR) is 84.1 cm³/mol. The van der Waals surface area contributed by atoms with Gasteiger partial charge in [-0.1, -0.05) is 11.6 Å². The molecule has 1 fully saturated rings. The van der Waals surface area contributed by atoms with Gasteiger partial charge in [0, 0.05) is 25.0 Å². The number of carbonyl (C=O) groups excluding carboxylic acids is 1. The van der Waals surface area contributed by atoms with Gasteiger partial charge in [0.1, 0.15) is 17.7 Å². The van der Waals surface area contributed by atoms with Gasteiger partial charge < -0.3 is 10.2 Å². The molecular weight excluding hydrogens is 300 g/mol. The molecule has 0 saturated carbocycles. The summed E-state index contributed by atoms with van der Waals surface area (Å²) < 4.78 is 0. The summed E-state index contributed by atoms with van der Waals surface area (Å²) in [5.74, 6) is -0.0541. The minimum atomic E-state index is -0.0541. The zero-order chi connectivity index (χ0) is 15.9. The van der Waals surface area contributed by atoms with Gasteiger partial charge in [-0.2, -0.15) is 10.5 Å². The van der Waals surface area contributed by atoms with E-state index in [1.165, 1.54) is 6.20 Å². The van der Waals surface area contributed by atoms with Crippen LogP contribution in [0.1, 0.15) is 29.6 Å². The number of anilines is 1. The number of hydrogen-bond donors (Lipinski definition) is 1. The van der Waals surface area contributed by atoms with E-state index in [2.05, 4.69) is 5.32 Å². The number of carbonyl (C=O) groups is 1. The quantitative estimate of drug-likeness (QED) is 0.868. The second-order valence-corrected chi connectivity index (χ2v) is 5.38. The number of nitrogens with zero attached hydrogens (tertiary/aromatic N) is 3. The standard InChI is InChI=1S/C16H15ClN4O/c17-15-8-13(20-11-12(9-18)10-19)4-5-14(15)16(22)21-6-2-1-3-7-21/h4-5,8,11,20H,1-3,6-7H2. The van der Waals surface area contributed by atoms with Crippen molar-refractivity contribution in [2.24, 2.45) is 0 Å². The second kappa shape index (κ2) is 7.49. The largest absolute Gasteiger partial charge is 0.360 e. The molecule has 1 aromatic carbocycles. The number of rotatable bonds is 3. The molecule has 1 aliphatic heterocycles. The Bertz CT molecular complexity index is 662. The maximum absolute atomic E-state index is 12.4. The Morgan fingerprint density at radius 1 is 1.23 bits per heavy atom. The minimum absolute atomic E-state index is 0.0374. The Balaban J connectivity index is 2.13. The summed E-state index contributed by atoms with van der Waals surface area (Å²) in [7, 11) is 0. The molecule has 6 heteroatoms. The van der Waals surface area contributed by atoms with Crippen molar-refractivity contribution in [3.05, 3.63) is 40.6 Å². The van der Waals surface area contributed by atoms with Gasteiger partial charge in [0.2, 0.25) is 0 Å². The summed E-state index contributed by atoms with van der Waals surface area (Å²) in [4.78, 5) is 14.2. The Morgan fingerprint density at radius 3 is 2.50 bits per heavy atom. The molecule has 1 amide bonds. The Kier molecular flexibility index (Phi) is 5.41. The zero-order valence-corrected chi connectivity index (χ0v) is 12.7. The number of piperidine rings is 1. The maximum atomic E-state index is 12.4. The lowest BCUT2D eigenvalue weighted by molar-refractivity contribution is 0.0724. The highest BCUT2D eigenvalue weighted by Crippen LogP contribution is 2.24. The van der Waals surface area contributed by atoms with Crippen molar-refractivity contribution in [3.63, 3.8) is 0 Å². The average Bonchev–Trinajstić information content (AvgIpc) is 2.56. The summed E-state index contributed by atoms with van der Waals surface area (Å²) in [6, 6.07) is 8.48. The predicted octanol–water partition coefficient (Wildman–Crippen LogP) is 3.31. The van der Waals surface area contributed by atoms with Gasteiger partial charge in [0.15, 0.2) is 0 Å². The van der Waals surface area contributed by atoms with E-state index in [0.29, 0.717) is 16.3 Å². The van der Waals surface area contributed by atoms with Crippen LogP contribution in [0.4, 0.5) is 5.69 Å². The first-order chi connectivity index (χ1) is 10.7. The normalized spacial score (nSPS) is 13.7. The van der Waals surface area contributed by atoms with Crippen LogP contribution in [0, 0.1) is 22.7 Å². The van der Waals surface area contributed by atoms with E-state index in [1.54, 1.807) is 30.3 Å². The van der Waals surface area contributed by atoms with E-state index in [4.69, 9.17) is 22.1 Å². The van der Waals surface area contributed by atoms with Crippen molar-refractivity contribution >= 4 is 23.2 Å². The van der Waals surface area contributed by atoms with E-state index in [-0.39, 0.29) is 11.5 Å². The third kappa shape index (κ3) is 3.78. The third-order valence-corrected chi connectivity index (χ3v) is 3.78. The average molecular weight is 315 g/mol. The van der Waals surface area contributed by atoms with Crippen molar-refractivity contribution < 1.29 is 4.79 Å². The molecule has 0 unspecified atom stereocenters. The van der Waals surface area contributed by atoms with Crippen molar-refractivity contribution in [1.82, 2.24) is 4.90 Å². The smallest absolute Gasteiger partial charge is 0.255 e. The summed E-state index contributed by atoms with van der Waals surface area (Å²) in [5, 5.41) is 20.5. The van der Waals surface area contributed by atoms with Gasteiger partial charge in [-0.25, -0.2) is 0 Å². The molecule has 5 nitrogen and oxygen atoms in total. The van der Waals surface area contributed by atoms with Crippen LogP contribution in [-0.4, -0.2) is 23.9 Å². The summed E-state index contributed by atoms with van der Waals surface area (Å²) in [5.41, 5.74) is 1.05. The number of allylic oxidation sites excluding steroid dienone is 1. The Morgan fingerprint density at radius 2 is 1.91 bits per heavy atom. The van der Waals surface area contributed by atoms with Crippen molar-refractivity contribution in [3.8, 4) is 12.1 Å². The van der Waals surface area contributed by atoms with Crippen molar-refractivity contribution in [2.45, 2.75) is 19.3 Å². The number of nitrogens with one attached hydrogen (secondary N) is 1. The van der Waals surface area contributed by atoms with Crippen molar-refractivity contribution in [2.75, 3.05) is 18.4 Å². The topological polar surface area (TPSA) is 79.9 Å². The van der Waals surface area contributed by atoms with Crippen LogP contribution in [0.15, 0.2) is 30.0 Å². The van der Waals surface area contributed by atoms with Crippen LogP contribution >= 0.6 is 11.6 Å². The lowest BCUT2D eigenvalue weighted by atomic mass is 10.1. The van der Waals surface area contributed by atoms with Gasteiger partial charge in [-0.3, -0.25) is 4.79 Å². The van der Waals surface area contributed by atoms with Crippen LogP contribution in [0.5, 0.6) is 0 Å². The lowest BCUT2D eigenvalue weighted by Crippen LogP contribution is -2.35. The van der Waals surface area contributed by atoms with E-state index in [0.717, 1.165) is 32.4 Å². The van der Waals surface area contributed by atoms with E-state index in [9.17, 15) is 4.79 Å². The molecular formula is C16H15ClN4O. The second-order valence-electron chi connectivity index (χ2n) is 4.97. The molecule has 1 heterocycles. The molecule has 0 bridgehead atoms. The fraction of sp³-hybridized carbons (Fsp3) is 0.312. The molecule has 0 aliphatic carbocycles. The number of amides is 1. The SMILES string of the molecule is N#CC(C#N)=CNc1ccc(C(=O)N2CCCCC2)c(Cl)c1. The highest BCUT2D eigenvalue weighted by atomic mass is 35.5. The lowest BCUT2D eigenvalue weighted by Gasteiger charge is -2.27. The molecule has 1 N–H and O–H groups in total. The van der Waals surface area contributed by atoms with E-state index >= 15 is 0 Å². The fourth-order valence-corrected chi connectivity index (χ4v) is 2.55. The Labute approximate surface area is 134 Å². The van der Waals surface area contributed by atoms with Crippen molar-refractivity contribution in [1.29, 1.82) is 10.5 Å². The summed E-state index contributed by atoms with van der Waals surface area (Å²) >= 11 is 6.19. The highest BCUT2D eigenvalue weighted by Gasteiger charge is 2.20. The first-order valence-electron chi connectivity index (χ1n) is 7.01. The highest BCUT2D eigenvalue weighted by molar-refractivity contribution is 6.34. The van der Waals surface area contributed by atoms with Crippen LogP contribution in [0.2, 0.25) is 5.02 Å². The molecule has 0 aromatic heterocycles. The van der Waals surface area contributed by atoms with Crippen LogP contribution in [0.3, 0.4) is 0 Å². The number of benzene rings is 1. The van der Waals surface area contributed by atoms with Gasteiger partial charge in [-0.15, -0.1) is 0 Å². The molecule has 1 saturated heterocycles. The minimum Gasteiger partial charge on any atom is -0.360 e. The van der Waals surface area contributed by atoms with E-state index in [1.807, 2.05) is 4.90 Å². The molecule has 0 radical (unpaired) electrons. The first-order valence-corrected chi connectivity index (χ1v) is 7.39. The van der Waals surface area contributed by atoms with Crippen LogP contribution in [-0.2, 0) is 0 Å². The maximum Gasteiger partial charge on any atom is 0.255 e. The number of likely N-dealkylation sites (tertiary alicyclic amines) is 1.